The molecule has 4 rings (SSSR count). The van der Waals surface area contributed by atoms with Crippen LogP contribution >= 0.6 is 0 Å². The molecule has 2 aliphatic rings. The van der Waals surface area contributed by atoms with Crippen LogP contribution in [0.2, 0.25) is 0 Å². The molecule has 2 aliphatic heterocycles. The quantitative estimate of drug-likeness (QED) is 0.552. The highest BCUT2D eigenvalue weighted by molar-refractivity contribution is 6.03. The Balaban J connectivity index is 0.000000658. The summed E-state index contributed by atoms with van der Waals surface area (Å²) in [5.74, 6) is 1.80. The van der Waals surface area contributed by atoms with Gasteiger partial charge in [-0.3, -0.25) is 0 Å². The van der Waals surface area contributed by atoms with Gasteiger partial charge in [0.25, 0.3) is 0 Å². The van der Waals surface area contributed by atoms with Crippen LogP contribution in [0.4, 0.5) is 11.4 Å². The topological polar surface area (TPSA) is 117 Å². The zero-order valence-corrected chi connectivity index (χ0v) is 22.7. The molecule has 0 unspecified atom stereocenters. The number of methoxy groups -OCH3 is 2. The van der Waals surface area contributed by atoms with Crippen LogP contribution in [0.5, 0.6) is 11.5 Å². The van der Waals surface area contributed by atoms with Crippen molar-refractivity contribution in [1.82, 2.24) is 0 Å². The van der Waals surface area contributed by atoms with Crippen molar-refractivity contribution in [2.24, 2.45) is 0 Å². The van der Waals surface area contributed by atoms with Crippen molar-refractivity contribution in [2.45, 2.75) is 38.5 Å². The highest BCUT2D eigenvalue weighted by Gasteiger charge is 2.43. The Labute approximate surface area is 214 Å². The van der Waals surface area contributed by atoms with Gasteiger partial charge in [0.1, 0.15) is 18.5 Å². The molecular formula is C27H33ClN2O6. The van der Waals surface area contributed by atoms with E-state index in [2.05, 4.69) is 93.8 Å². The first-order valence-corrected chi connectivity index (χ1v) is 12.6. The molecule has 2 aromatic carbocycles. The maximum Gasteiger partial charge on any atom is 0.209 e. The summed E-state index contributed by atoms with van der Waals surface area (Å²) < 4.78 is 47.2. The first kappa shape index (κ1) is 27.7. The Morgan fingerprint density at radius 1 is 0.861 bits per heavy atom. The van der Waals surface area contributed by atoms with E-state index in [-0.39, 0.29) is 10.8 Å². The number of hydrogen-bond acceptors (Lipinski definition) is 7. The van der Waals surface area contributed by atoms with E-state index in [9.17, 15) is 0 Å². The molecule has 0 saturated heterocycles. The number of benzene rings is 2. The molecule has 0 amide bonds. The number of anilines is 1. The minimum absolute atomic E-state index is 0.0962. The minimum atomic E-state index is -4.94. The molecule has 0 aliphatic carbocycles. The van der Waals surface area contributed by atoms with Gasteiger partial charge >= 0.3 is 0 Å². The molecule has 0 spiro atoms. The van der Waals surface area contributed by atoms with Gasteiger partial charge in [0.05, 0.1) is 19.6 Å². The summed E-state index contributed by atoms with van der Waals surface area (Å²) in [6.45, 7) is 9.09. The Bertz CT molecular complexity index is 1240. The average Bonchev–Trinajstić information content (AvgIpc) is 3.10. The molecule has 9 heteroatoms. The van der Waals surface area contributed by atoms with Crippen LogP contribution < -0.4 is 33.0 Å². The van der Waals surface area contributed by atoms with E-state index in [1.807, 2.05) is 12.1 Å². The second kappa shape index (κ2) is 9.88. The standard InChI is InChI=1S/C27H33N2O2.ClHO4/c1-26(2)20-16-18(30-7)12-14-22(20)28(5)24(26)10-9-11-25-27(3,4)21-17-19(31-8)13-15-23(21)29(25)6;2-1(3,4)5/h9-17H,1-8H3;(H,2,3,4,5)/q+1;/p-1. The molecule has 2 aromatic rings. The molecule has 0 bridgehead atoms. The molecule has 0 N–H and O–H groups in total. The molecule has 194 valence electrons. The summed E-state index contributed by atoms with van der Waals surface area (Å²) in [6.07, 6.45) is 6.67. The van der Waals surface area contributed by atoms with Crippen LogP contribution in [0.15, 0.2) is 60.3 Å². The van der Waals surface area contributed by atoms with Gasteiger partial charge in [0.15, 0.2) is 5.71 Å². The second-order valence-electron chi connectivity index (χ2n) is 9.81. The van der Waals surface area contributed by atoms with Crippen molar-refractivity contribution in [1.29, 1.82) is 0 Å². The predicted molar refractivity (Wildman–Crippen MR) is 129 cm³/mol. The zero-order valence-electron chi connectivity index (χ0n) is 21.9. The molecule has 0 atom stereocenters. The minimum Gasteiger partial charge on any atom is -0.497 e. The highest BCUT2D eigenvalue weighted by Crippen LogP contribution is 2.48. The molecule has 0 fully saturated rings. The molecule has 2 heterocycles. The predicted octanol–water partition coefficient (Wildman–Crippen LogP) is 0.822. The molecule has 0 radical (unpaired) electrons. The number of ether oxygens (including phenoxy) is 2. The summed E-state index contributed by atoms with van der Waals surface area (Å²) in [4.78, 5) is 2.28. The van der Waals surface area contributed by atoms with Gasteiger partial charge in [-0.25, -0.2) is 18.6 Å². The molecule has 0 saturated carbocycles. The lowest BCUT2D eigenvalue weighted by Gasteiger charge is -2.23. The van der Waals surface area contributed by atoms with Crippen LogP contribution in [-0.2, 0) is 10.8 Å². The van der Waals surface area contributed by atoms with Gasteiger partial charge in [0.2, 0.25) is 5.69 Å². The number of fused-ring (bicyclic) bond motifs is 2. The number of nitrogens with zero attached hydrogens (tertiary/aromatic N) is 2. The monoisotopic (exact) mass is 516 g/mol. The van der Waals surface area contributed by atoms with Gasteiger partial charge in [-0.1, -0.05) is 19.9 Å². The van der Waals surface area contributed by atoms with Crippen molar-refractivity contribution in [3.63, 3.8) is 0 Å². The molecule has 0 aromatic heterocycles. The number of allylic oxidation sites excluding steroid dienone is 4. The average molecular weight is 517 g/mol. The third-order valence-electron chi connectivity index (χ3n) is 6.99. The Hall–Kier alpha value is -2.88. The lowest BCUT2D eigenvalue weighted by Crippen LogP contribution is -2.68. The summed E-state index contributed by atoms with van der Waals surface area (Å²) in [5, 5.41) is 0. The van der Waals surface area contributed by atoms with E-state index in [1.54, 1.807) is 14.2 Å². The zero-order chi connectivity index (χ0) is 27.1. The van der Waals surface area contributed by atoms with Crippen molar-refractivity contribution in [3.05, 3.63) is 71.5 Å². The van der Waals surface area contributed by atoms with Gasteiger partial charge in [-0.15, -0.1) is 10.2 Å². The lowest BCUT2D eigenvalue weighted by atomic mass is 9.81. The van der Waals surface area contributed by atoms with Crippen LogP contribution in [0.1, 0.15) is 38.8 Å². The third kappa shape index (κ3) is 5.28. The number of likely N-dealkylation sites (N-methyl/N-ethyl adjacent to an activating group) is 1. The van der Waals surface area contributed by atoms with Gasteiger partial charge in [-0.2, -0.15) is 4.58 Å². The fraction of sp³-hybridized carbons (Fsp3) is 0.370. The number of rotatable bonds is 4. The Kier molecular flexibility index (Phi) is 7.60. The third-order valence-corrected chi connectivity index (χ3v) is 6.99. The normalized spacial score (nSPS) is 18.8. The number of halogens is 1. The van der Waals surface area contributed by atoms with Crippen LogP contribution in [0.25, 0.3) is 0 Å². The summed E-state index contributed by atoms with van der Waals surface area (Å²) in [5.41, 5.74) is 7.39. The molecular weight excluding hydrogens is 484 g/mol. The second-order valence-corrected chi connectivity index (χ2v) is 10.6. The van der Waals surface area contributed by atoms with Gasteiger partial charge in [-0.05, 0) is 55.8 Å². The lowest BCUT2D eigenvalue weighted by molar-refractivity contribution is -2.00. The van der Waals surface area contributed by atoms with Crippen LogP contribution in [0.3, 0.4) is 0 Å². The summed E-state index contributed by atoms with van der Waals surface area (Å²) >= 11 is 0. The van der Waals surface area contributed by atoms with Gasteiger partial charge in [0, 0.05) is 41.6 Å². The first-order chi connectivity index (χ1) is 16.6. The maximum absolute atomic E-state index is 8.49. The van der Waals surface area contributed by atoms with E-state index in [0.29, 0.717) is 0 Å². The van der Waals surface area contributed by atoms with Gasteiger partial charge < -0.3 is 14.4 Å². The van der Waals surface area contributed by atoms with E-state index in [4.69, 9.17) is 28.1 Å². The Morgan fingerprint density at radius 3 is 1.94 bits per heavy atom. The van der Waals surface area contributed by atoms with E-state index >= 15 is 0 Å². The first-order valence-electron chi connectivity index (χ1n) is 11.4. The molecule has 8 nitrogen and oxygen atoms in total. The van der Waals surface area contributed by atoms with Crippen LogP contribution in [0, 0.1) is 10.2 Å². The van der Waals surface area contributed by atoms with E-state index < -0.39 is 10.2 Å². The SMILES string of the molecule is COc1ccc2c(c1)C(C)(C)C(=CC=CC1=[N+](C)c3ccc(OC)cc3C1(C)C)N2C.[O-][Cl+3]([O-])([O-])[O-]. The summed E-state index contributed by atoms with van der Waals surface area (Å²) in [6, 6.07) is 12.7. The van der Waals surface area contributed by atoms with Crippen molar-refractivity contribution in [3.8, 4) is 11.5 Å². The highest BCUT2D eigenvalue weighted by atomic mass is 35.7. The maximum atomic E-state index is 8.49. The van der Waals surface area contributed by atoms with Crippen molar-refractivity contribution < 1.29 is 42.9 Å². The summed E-state index contributed by atoms with van der Waals surface area (Å²) in [7, 11) is 2.77. The molecule has 36 heavy (non-hydrogen) atoms. The fourth-order valence-electron chi connectivity index (χ4n) is 5.12. The smallest absolute Gasteiger partial charge is 0.209 e. The number of hydrogen-bond donors (Lipinski definition) is 0. The van der Waals surface area contributed by atoms with Crippen molar-refractivity contribution in [2.75, 3.05) is 33.2 Å². The van der Waals surface area contributed by atoms with Crippen LogP contribution in [-0.4, -0.2) is 38.6 Å². The van der Waals surface area contributed by atoms with E-state index in [1.165, 1.54) is 33.9 Å². The Morgan fingerprint density at radius 2 is 1.39 bits per heavy atom. The van der Waals surface area contributed by atoms with E-state index in [0.717, 1.165) is 11.5 Å². The largest absolute Gasteiger partial charge is 0.497 e. The van der Waals surface area contributed by atoms with Crippen molar-refractivity contribution >= 4 is 17.1 Å². The fourth-order valence-corrected chi connectivity index (χ4v) is 5.12.